The van der Waals surface area contributed by atoms with Gasteiger partial charge in [-0.15, -0.1) is 5.10 Å². The predicted octanol–water partition coefficient (Wildman–Crippen LogP) is 2.19. The zero-order valence-electron chi connectivity index (χ0n) is 13.0. The fourth-order valence-corrected chi connectivity index (χ4v) is 1.75. The van der Waals surface area contributed by atoms with Gasteiger partial charge in [-0.05, 0) is 38.1 Å². The first-order valence-corrected chi connectivity index (χ1v) is 7.14. The minimum atomic E-state index is 0.294. The highest BCUT2D eigenvalue weighted by Gasteiger charge is 2.01. The number of aromatic nitrogens is 3. The maximum atomic E-state index is 5.61. The molecule has 2 aromatic rings. The van der Waals surface area contributed by atoms with Gasteiger partial charge in [0.1, 0.15) is 18.1 Å². The van der Waals surface area contributed by atoms with E-state index in [9.17, 15) is 0 Å². The maximum Gasteiger partial charge on any atom is 0.244 e. The second kappa shape index (κ2) is 8.02. The SMILES string of the molecule is COc1ccc(OCCNc2nncc(NC(C)C)n2)cc1. The van der Waals surface area contributed by atoms with Gasteiger partial charge in [0.2, 0.25) is 5.95 Å². The molecule has 0 aliphatic rings. The van der Waals surface area contributed by atoms with E-state index in [-0.39, 0.29) is 0 Å². The summed E-state index contributed by atoms with van der Waals surface area (Å²) in [5.41, 5.74) is 0. The van der Waals surface area contributed by atoms with E-state index in [0.717, 1.165) is 11.5 Å². The van der Waals surface area contributed by atoms with Crippen molar-refractivity contribution in [3.05, 3.63) is 30.5 Å². The minimum Gasteiger partial charge on any atom is -0.497 e. The van der Waals surface area contributed by atoms with Crippen LogP contribution in [0.5, 0.6) is 11.5 Å². The van der Waals surface area contributed by atoms with Crippen molar-refractivity contribution in [1.29, 1.82) is 0 Å². The van der Waals surface area contributed by atoms with E-state index in [1.165, 1.54) is 0 Å². The Hall–Kier alpha value is -2.57. The third-order valence-corrected chi connectivity index (χ3v) is 2.71. The first kappa shape index (κ1) is 15.8. The van der Waals surface area contributed by atoms with Gasteiger partial charge in [-0.25, -0.2) is 0 Å². The Labute approximate surface area is 130 Å². The largest absolute Gasteiger partial charge is 0.497 e. The molecule has 7 nitrogen and oxygen atoms in total. The van der Waals surface area contributed by atoms with Gasteiger partial charge in [0.15, 0.2) is 5.82 Å². The van der Waals surface area contributed by atoms with Crippen LogP contribution in [-0.2, 0) is 0 Å². The lowest BCUT2D eigenvalue weighted by atomic mass is 10.3. The summed E-state index contributed by atoms with van der Waals surface area (Å²) in [6, 6.07) is 7.74. The molecule has 0 saturated carbocycles. The van der Waals surface area contributed by atoms with Gasteiger partial charge in [0.25, 0.3) is 0 Å². The smallest absolute Gasteiger partial charge is 0.244 e. The standard InChI is InChI=1S/C15H21N5O2/c1-11(2)18-14-10-17-20-15(19-14)16-8-9-22-13-6-4-12(21-3)5-7-13/h4-7,10-11H,8-9H2,1-3H3,(H2,16,18,19,20). The molecular formula is C15H21N5O2. The summed E-state index contributed by atoms with van der Waals surface area (Å²) >= 11 is 0. The number of rotatable bonds is 8. The zero-order chi connectivity index (χ0) is 15.8. The lowest BCUT2D eigenvalue weighted by Crippen LogP contribution is -2.16. The van der Waals surface area contributed by atoms with Gasteiger partial charge in [-0.2, -0.15) is 10.1 Å². The van der Waals surface area contributed by atoms with Crippen LogP contribution in [0.15, 0.2) is 30.5 Å². The molecule has 0 radical (unpaired) electrons. The Morgan fingerprint density at radius 2 is 1.86 bits per heavy atom. The number of hydrogen-bond donors (Lipinski definition) is 2. The summed E-state index contributed by atoms with van der Waals surface area (Å²) in [6.07, 6.45) is 1.60. The van der Waals surface area contributed by atoms with Crippen LogP contribution in [0.4, 0.5) is 11.8 Å². The monoisotopic (exact) mass is 303 g/mol. The number of nitrogens with zero attached hydrogens (tertiary/aromatic N) is 3. The predicted molar refractivity (Wildman–Crippen MR) is 85.6 cm³/mol. The van der Waals surface area contributed by atoms with E-state index in [1.54, 1.807) is 13.3 Å². The van der Waals surface area contributed by atoms with Crippen molar-refractivity contribution in [1.82, 2.24) is 15.2 Å². The molecule has 0 aliphatic carbocycles. The van der Waals surface area contributed by atoms with E-state index in [1.807, 2.05) is 38.1 Å². The Bertz CT molecular complexity index is 574. The number of nitrogens with one attached hydrogen (secondary N) is 2. The molecule has 2 N–H and O–H groups in total. The highest BCUT2D eigenvalue weighted by Crippen LogP contribution is 2.16. The van der Waals surface area contributed by atoms with Gasteiger partial charge in [0, 0.05) is 6.04 Å². The maximum absolute atomic E-state index is 5.61. The molecule has 1 aromatic heterocycles. The average Bonchev–Trinajstić information content (AvgIpc) is 2.52. The van der Waals surface area contributed by atoms with Crippen molar-refractivity contribution in [3.63, 3.8) is 0 Å². The van der Waals surface area contributed by atoms with E-state index in [0.29, 0.717) is 31.0 Å². The lowest BCUT2D eigenvalue weighted by Gasteiger charge is -2.10. The molecule has 1 aromatic carbocycles. The van der Waals surface area contributed by atoms with Crippen molar-refractivity contribution >= 4 is 11.8 Å². The molecule has 0 bridgehead atoms. The molecule has 2 rings (SSSR count). The summed E-state index contributed by atoms with van der Waals surface area (Å²) in [5.74, 6) is 2.77. The second-order valence-corrected chi connectivity index (χ2v) is 4.92. The third-order valence-electron chi connectivity index (χ3n) is 2.71. The van der Waals surface area contributed by atoms with Crippen LogP contribution in [0.25, 0.3) is 0 Å². The van der Waals surface area contributed by atoms with Crippen molar-refractivity contribution in [2.75, 3.05) is 30.9 Å². The Morgan fingerprint density at radius 1 is 1.14 bits per heavy atom. The molecule has 0 amide bonds. The lowest BCUT2D eigenvalue weighted by molar-refractivity contribution is 0.331. The van der Waals surface area contributed by atoms with Crippen LogP contribution >= 0.6 is 0 Å². The molecular weight excluding hydrogens is 282 g/mol. The number of ether oxygens (including phenoxy) is 2. The summed E-state index contributed by atoms with van der Waals surface area (Å²) in [4.78, 5) is 4.31. The van der Waals surface area contributed by atoms with Crippen LogP contribution in [0, 0.1) is 0 Å². The molecule has 7 heteroatoms. The highest BCUT2D eigenvalue weighted by molar-refractivity contribution is 5.37. The molecule has 118 valence electrons. The van der Waals surface area contributed by atoms with E-state index < -0.39 is 0 Å². The molecule has 22 heavy (non-hydrogen) atoms. The quantitative estimate of drug-likeness (QED) is 0.723. The minimum absolute atomic E-state index is 0.294. The Kier molecular flexibility index (Phi) is 5.76. The summed E-state index contributed by atoms with van der Waals surface area (Å²) < 4.78 is 10.7. The number of anilines is 2. The molecule has 0 spiro atoms. The van der Waals surface area contributed by atoms with Gasteiger partial charge in [-0.1, -0.05) is 0 Å². The molecule has 0 aliphatic heterocycles. The van der Waals surface area contributed by atoms with Gasteiger partial charge in [-0.3, -0.25) is 0 Å². The molecule has 0 atom stereocenters. The van der Waals surface area contributed by atoms with Crippen molar-refractivity contribution < 1.29 is 9.47 Å². The van der Waals surface area contributed by atoms with Crippen LogP contribution in [-0.4, -0.2) is 41.5 Å². The van der Waals surface area contributed by atoms with Gasteiger partial charge >= 0.3 is 0 Å². The van der Waals surface area contributed by atoms with Gasteiger partial charge < -0.3 is 20.1 Å². The Balaban J connectivity index is 1.76. The van der Waals surface area contributed by atoms with E-state index >= 15 is 0 Å². The fraction of sp³-hybridized carbons (Fsp3) is 0.400. The van der Waals surface area contributed by atoms with E-state index in [2.05, 4.69) is 25.8 Å². The third kappa shape index (κ3) is 5.08. The number of benzene rings is 1. The van der Waals surface area contributed by atoms with Crippen molar-refractivity contribution in [3.8, 4) is 11.5 Å². The van der Waals surface area contributed by atoms with Crippen LogP contribution in [0.3, 0.4) is 0 Å². The summed E-state index contributed by atoms with van der Waals surface area (Å²) in [5, 5.41) is 14.1. The first-order chi connectivity index (χ1) is 10.7. The molecule has 1 heterocycles. The molecule has 0 fully saturated rings. The van der Waals surface area contributed by atoms with Crippen molar-refractivity contribution in [2.24, 2.45) is 0 Å². The van der Waals surface area contributed by atoms with Gasteiger partial charge in [0.05, 0.1) is 19.9 Å². The van der Waals surface area contributed by atoms with Crippen LogP contribution < -0.4 is 20.1 Å². The fourth-order valence-electron chi connectivity index (χ4n) is 1.75. The molecule has 0 saturated heterocycles. The first-order valence-electron chi connectivity index (χ1n) is 7.14. The van der Waals surface area contributed by atoms with Crippen molar-refractivity contribution in [2.45, 2.75) is 19.9 Å². The highest BCUT2D eigenvalue weighted by atomic mass is 16.5. The normalized spacial score (nSPS) is 10.4. The number of hydrogen-bond acceptors (Lipinski definition) is 7. The molecule has 0 unspecified atom stereocenters. The Morgan fingerprint density at radius 3 is 2.55 bits per heavy atom. The van der Waals surface area contributed by atoms with E-state index in [4.69, 9.17) is 9.47 Å². The summed E-state index contributed by atoms with van der Waals surface area (Å²) in [6.45, 7) is 5.16. The average molecular weight is 303 g/mol. The topological polar surface area (TPSA) is 81.2 Å². The van der Waals surface area contributed by atoms with Crippen LogP contribution in [0.1, 0.15) is 13.8 Å². The second-order valence-electron chi connectivity index (χ2n) is 4.92. The zero-order valence-corrected chi connectivity index (χ0v) is 13.0. The van der Waals surface area contributed by atoms with Crippen LogP contribution in [0.2, 0.25) is 0 Å². The number of methoxy groups -OCH3 is 1. The summed E-state index contributed by atoms with van der Waals surface area (Å²) in [7, 11) is 1.64.